The summed E-state index contributed by atoms with van der Waals surface area (Å²) in [5.74, 6) is 3.72. The van der Waals surface area contributed by atoms with Crippen LogP contribution in [0.2, 0.25) is 0 Å². The van der Waals surface area contributed by atoms with E-state index in [0.29, 0.717) is 18.4 Å². The number of aromatic nitrogens is 1. The van der Waals surface area contributed by atoms with Gasteiger partial charge in [-0.05, 0) is 68.8 Å². The van der Waals surface area contributed by atoms with Crippen molar-refractivity contribution >= 4 is 21.8 Å². The maximum absolute atomic E-state index is 5.43. The van der Waals surface area contributed by atoms with Gasteiger partial charge in [0.25, 0.3) is 0 Å². The van der Waals surface area contributed by atoms with Gasteiger partial charge in [-0.15, -0.1) is 6.42 Å². The van der Waals surface area contributed by atoms with Crippen LogP contribution in [0.5, 0.6) is 0 Å². The summed E-state index contributed by atoms with van der Waals surface area (Å²) in [4.78, 5) is 0. The third-order valence-electron chi connectivity index (χ3n) is 8.52. The normalized spacial score (nSPS) is 14.1. The van der Waals surface area contributed by atoms with Crippen molar-refractivity contribution in [3.05, 3.63) is 131 Å². The van der Waals surface area contributed by atoms with Gasteiger partial charge in [-0.1, -0.05) is 154 Å². The molecule has 2 atom stereocenters. The van der Waals surface area contributed by atoms with Crippen molar-refractivity contribution in [3.63, 3.8) is 0 Å². The van der Waals surface area contributed by atoms with E-state index in [0.717, 1.165) is 0 Å². The van der Waals surface area contributed by atoms with Gasteiger partial charge in [-0.2, -0.15) is 0 Å². The summed E-state index contributed by atoms with van der Waals surface area (Å²) < 4.78 is 2.19. The number of benzene rings is 5. The van der Waals surface area contributed by atoms with Gasteiger partial charge in [0.2, 0.25) is 0 Å². The van der Waals surface area contributed by atoms with Crippen molar-refractivity contribution in [2.24, 2.45) is 0 Å². The SMILES string of the molecule is C.C#CCn1c2ccccc2c2ccccc21.CC.CC.CC.CC1c2ccccc2-c2cc3c(cc21)-c1ccccc1C3C. The van der Waals surface area contributed by atoms with Crippen LogP contribution in [0.1, 0.15) is 96.9 Å². The van der Waals surface area contributed by atoms with Crippen LogP contribution in [0, 0.1) is 12.3 Å². The lowest BCUT2D eigenvalue weighted by Gasteiger charge is -2.11. The Bertz CT molecular complexity index is 1760. The molecule has 0 fully saturated rings. The molecule has 2 aliphatic rings. The van der Waals surface area contributed by atoms with E-state index >= 15 is 0 Å². The largest absolute Gasteiger partial charge is 0.329 e. The van der Waals surface area contributed by atoms with E-state index in [-0.39, 0.29) is 7.43 Å². The first-order valence-electron chi connectivity index (χ1n) is 16.4. The Kier molecular flexibility index (Phi) is 12.4. The van der Waals surface area contributed by atoms with E-state index in [1.807, 2.05) is 53.7 Å². The molecule has 0 saturated heterocycles. The summed E-state index contributed by atoms with van der Waals surface area (Å²) >= 11 is 0. The maximum atomic E-state index is 5.43. The lowest BCUT2D eigenvalue weighted by Crippen LogP contribution is -1.93. The van der Waals surface area contributed by atoms with Crippen molar-refractivity contribution in [1.29, 1.82) is 0 Å². The molecule has 1 aromatic heterocycles. The highest BCUT2D eigenvalue weighted by molar-refractivity contribution is 6.08. The first-order chi connectivity index (χ1) is 21.7. The molecule has 0 bridgehead atoms. The fraction of sp³-hybridized carbons (Fsp3) is 0.273. The molecule has 0 N–H and O–H groups in total. The molecule has 232 valence electrons. The third kappa shape index (κ3) is 6.21. The summed E-state index contributed by atoms with van der Waals surface area (Å²) in [6, 6.07) is 39.4. The number of hydrogen-bond acceptors (Lipinski definition) is 0. The fourth-order valence-electron chi connectivity index (χ4n) is 6.66. The van der Waals surface area contributed by atoms with E-state index in [2.05, 4.69) is 121 Å². The maximum Gasteiger partial charge on any atom is 0.0841 e. The van der Waals surface area contributed by atoms with Crippen molar-refractivity contribution in [2.75, 3.05) is 0 Å². The second-order valence-electron chi connectivity index (χ2n) is 10.5. The molecule has 1 heterocycles. The molecule has 0 aliphatic heterocycles. The Morgan fingerprint density at radius 3 is 1.27 bits per heavy atom. The van der Waals surface area contributed by atoms with E-state index < -0.39 is 0 Å². The Morgan fingerprint density at radius 1 is 0.511 bits per heavy atom. The molecule has 1 nitrogen and oxygen atoms in total. The fourth-order valence-corrected chi connectivity index (χ4v) is 6.66. The van der Waals surface area contributed by atoms with Gasteiger partial charge < -0.3 is 4.57 Å². The average Bonchev–Trinajstić information content (AvgIpc) is 3.69. The Labute approximate surface area is 273 Å². The molecular formula is C44H51N. The zero-order valence-corrected chi connectivity index (χ0v) is 27.8. The lowest BCUT2D eigenvalue weighted by molar-refractivity contribution is 0.924. The van der Waals surface area contributed by atoms with Crippen molar-refractivity contribution < 1.29 is 0 Å². The van der Waals surface area contributed by atoms with Gasteiger partial charge in [0.1, 0.15) is 0 Å². The number of terminal acetylenes is 1. The van der Waals surface area contributed by atoms with Crippen LogP contribution < -0.4 is 0 Å². The molecule has 0 amide bonds. The molecule has 1 heteroatoms. The molecule has 6 aromatic rings. The minimum Gasteiger partial charge on any atom is -0.329 e. The van der Waals surface area contributed by atoms with Crippen LogP contribution in [0.15, 0.2) is 109 Å². The predicted octanol–water partition coefficient (Wildman–Crippen LogP) is 13.1. The topological polar surface area (TPSA) is 4.93 Å². The quantitative estimate of drug-likeness (QED) is 0.167. The Morgan fingerprint density at radius 2 is 0.867 bits per heavy atom. The monoisotopic (exact) mass is 593 g/mol. The molecule has 45 heavy (non-hydrogen) atoms. The molecule has 0 spiro atoms. The highest BCUT2D eigenvalue weighted by Crippen LogP contribution is 2.52. The summed E-state index contributed by atoms with van der Waals surface area (Å²) in [6.07, 6.45) is 5.43. The van der Waals surface area contributed by atoms with Gasteiger partial charge in [0.05, 0.1) is 6.54 Å². The van der Waals surface area contributed by atoms with Crippen LogP contribution in [0.4, 0.5) is 0 Å². The van der Waals surface area contributed by atoms with Gasteiger partial charge in [-0.3, -0.25) is 0 Å². The Balaban J connectivity index is 0.000000214. The second kappa shape index (κ2) is 16.0. The van der Waals surface area contributed by atoms with Crippen LogP contribution in [-0.2, 0) is 6.54 Å². The molecule has 5 aromatic carbocycles. The summed E-state index contributed by atoms with van der Waals surface area (Å²) in [7, 11) is 0. The van der Waals surface area contributed by atoms with E-state index in [1.165, 1.54) is 66.3 Å². The second-order valence-corrected chi connectivity index (χ2v) is 10.5. The lowest BCUT2D eigenvalue weighted by atomic mass is 9.93. The van der Waals surface area contributed by atoms with E-state index in [4.69, 9.17) is 6.42 Å². The van der Waals surface area contributed by atoms with Crippen LogP contribution in [0.3, 0.4) is 0 Å². The van der Waals surface area contributed by atoms with Gasteiger partial charge >= 0.3 is 0 Å². The number of fused-ring (bicyclic) bond motifs is 9. The number of hydrogen-bond donors (Lipinski definition) is 0. The predicted molar refractivity (Wildman–Crippen MR) is 201 cm³/mol. The zero-order chi connectivity index (χ0) is 31.8. The summed E-state index contributed by atoms with van der Waals surface area (Å²) in [6.45, 7) is 17.3. The number of nitrogens with zero attached hydrogens (tertiary/aromatic N) is 1. The number of para-hydroxylation sites is 2. The van der Waals surface area contributed by atoms with Crippen LogP contribution in [-0.4, -0.2) is 4.57 Å². The molecule has 2 aliphatic carbocycles. The van der Waals surface area contributed by atoms with Gasteiger partial charge in [0.15, 0.2) is 0 Å². The van der Waals surface area contributed by atoms with Crippen LogP contribution >= 0.6 is 0 Å². The van der Waals surface area contributed by atoms with Gasteiger partial charge in [-0.25, -0.2) is 0 Å². The minimum atomic E-state index is 0. The van der Waals surface area contributed by atoms with E-state index in [9.17, 15) is 0 Å². The summed E-state index contributed by atoms with van der Waals surface area (Å²) in [5.41, 5.74) is 14.1. The van der Waals surface area contributed by atoms with E-state index in [1.54, 1.807) is 0 Å². The highest BCUT2D eigenvalue weighted by atomic mass is 15.0. The summed E-state index contributed by atoms with van der Waals surface area (Å²) in [5, 5.41) is 2.54. The number of rotatable bonds is 1. The first-order valence-corrected chi connectivity index (χ1v) is 16.4. The van der Waals surface area contributed by atoms with Crippen molar-refractivity contribution in [2.45, 2.75) is 81.2 Å². The third-order valence-corrected chi connectivity index (χ3v) is 8.52. The smallest absolute Gasteiger partial charge is 0.0841 e. The van der Waals surface area contributed by atoms with Crippen molar-refractivity contribution in [1.82, 2.24) is 4.57 Å². The molecule has 0 radical (unpaired) electrons. The standard InChI is InChI=1S/C22H18.C15H11N.3C2H6.CH4/c1-13-15-7-3-5-9-17(15)21-12-20-14(2)16-8-4-6-10-18(16)22(20)11-19(13)21;1-2-11-16-14-9-5-3-7-12(14)13-8-4-6-10-15(13)16;3*1-2;/h3-14H,1-2H3;1,3-10H,11H2;3*1-2H3;1H4. The Hall–Kier alpha value is -4.54. The van der Waals surface area contributed by atoms with Gasteiger partial charge in [0, 0.05) is 33.6 Å². The molecule has 2 unspecified atom stereocenters. The highest BCUT2D eigenvalue weighted by Gasteiger charge is 2.31. The molecule has 0 saturated carbocycles. The zero-order valence-electron chi connectivity index (χ0n) is 27.8. The van der Waals surface area contributed by atoms with Crippen LogP contribution in [0.25, 0.3) is 44.1 Å². The minimum absolute atomic E-state index is 0. The average molecular weight is 594 g/mol. The van der Waals surface area contributed by atoms with Crippen molar-refractivity contribution in [3.8, 4) is 34.6 Å². The molecular weight excluding hydrogens is 542 g/mol. The first kappa shape index (κ1) is 34.9. The molecule has 8 rings (SSSR count).